The molecule has 1 aliphatic heterocycles. The molecule has 0 aliphatic carbocycles. The number of carboxylic acids is 1. The summed E-state index contributed by atoms with van der Waals surface area (Å²) in [5, 5.41) is 30.5. The summed E-state index contributed by atoms with van der Waals surface area (Å²) in [5.74, 6) is -5.03. The number of aliphatic hydroxyl groups is 1. The minimum absolute atomic E-state index is 0.00298. The summed E-state index contributed by atoms with van der Waals surface area (Å²) in [7, 11) is 0. The van der Waals surface area contributed by atoms with Crippen molar-refractivity contribution in [2.24, 2.45) is 0 Å². The van der Waals surface area contributed by atoms with Crippen molar-refractivity contribution in [3.63, 3.8) is 0 Å². The number of amides is 1. The molecular formula is C24H15ClFNO6. The highest BCUT2D eigenvalue weighted by molar-refractivity contribution is 6.51. The van der Waals surface area contributed by atoms with Crippen LogP contribution in [0.2, 0.25) is 5.02 Å². The molecule has 0 radical (unpaired) electrons. The number of aromatic hydroxyl groups is 1. The van der Waals surface area contributed by atoms with Crippen molar-refractivity contribution in [1.82, 2.24) is 0 Å². The van der Waals surface area contributed by atoms with Gasteiger partial charge in [0.2, 0.25) is 0 Å². The van der Waals surface area contributed by atoms with Crippen LogP contribution in [0.4, 0.5) is 10.1 Å². The molecular weight excluding hydrogens is 453 g/mol. The van der Waals surface area contributed by atoms with E-state index in [1.807, 2.05) is 0 Å². The molecule has 166 valence electrons. The lowest BCUT2D eigenvalue weighted by molar-refractivity contribution is -0.132. The van der Waals surface area contributed by atoms with Gasteiger partial charge in [0, 0.05) is 16.3 Å². The van der Waals surface area contributed by atoms with Crippen LogP contribution in [0.15, 0.2) is 72.3 Å². The summed E-state index contributed by atoms with van der Waals surface area (Å²) in [4.78, 5) is 38.6. The SMILES string of the molecule is O=C1C(=O)N(c2ccc(O)c(C(=O)O)c2)C(c2ccc(F)cc2)/C1=C(/O)c1ccc(Cl)cc1. The number of aliphatic hydroxyl groups excluding tert-OH is 1. The zero-order valence-corrected chi connectivity index (χ0v) is 17.5. The van der Waals surface area contributed by atoms with E-state index in [9.17, 15) is 34.1 Å². The number of carboxylic acid groups (broad SMARTS) is 1. The molecule has 0 bridgehead atoms. The fourth-order valence-electron chi connectivity index (χ4n) is 3.67. The lowest BCUT2D eigenvalue weighted by atomic mass is 9.95. The van der Waals surface area contributed by atoms with E-state index in [4.69, 9.17) is 11.6 Å². The fraction of sp³-hybridized carbons (Fsp3) is 0.0417. The summed E-state index contributed by atoms with van der Waals surface area (Å²) in [6.07, 6.45) is 0. The molecule has 0 aromatic heterocycles. The van der Waals surface area contributed by atoms with Crippen LogP contribution < -0.4 is 4.90 Å². The van der Waals surface area contributed by atoms with Gasteiger partial charge in [-0.1, -0.05) is 23.7 Å². The molecule has 1 fully saturated rings. The number of phenols is 1. The Morgan fingerprint density at radius 3 is 2.18 bits per heavy atom. The second-order valence-corrected chi connectivity index (χ2v) is 7.67. The average molecular weight is 468 g/mol. The largest absolute Gasteiger partial charge is 0.507 e. The van der Waals surface area contributed by atoms with Gasteiger partial charge >= 0.3 is 5.97 Å². The minimum atomic E-state index is -1.44. The highest BCUT2D eigenvalue weighted by atomic mass is 35.5. The van der Waals surface area contributed by atoms with Crippen molar-refractivity contribution in [1.29, 1.82) is 0 Å². The van der Waals surface area contributed by atoms with Crippen LogP contribution >= 0.6 is 11.6 Å². The Kier molecular flexibility index (Phi) is 5.61. The minimum Gasteiger partial charge on any atom is -0.507 e. The molecule has 3 N–H and O–H groups in total. The molecule has 1 saturated heterocycles. The van der Waals surface area contributed by atoms with E-state index in [0.29, 0.717) is 10.6 Å². The van der Waals surface area contributed by atoms with Crippen LogP contribution in [0, 0.1) is 5.82 Å². The second-order valence-electron chi connectivity index (χ2n) is 7.23. The van der Waals surface area contributed by atoms with Crippen LogP contribution in [0.3, 0.4) is 0 Å². The van der Waals surface area contributed by atoms with Gasteiger partial charge in [0.25, 0.3) is 11.7 Å². The summed E-state index contributed by atoms with van der Waals surface area (Å²) in [5.41, 5.74) is -0.224. The summed E-state index contributed by atoms with van der Waals surface area (Å²) >= 11 is 5.89. The van der Waals surface area contributed by atoms with Crippen molar-refractivity contribution in [2.45, 2.75) is 6.04 Å². The Bertz CT molecular complexity index is 1320. The first-order valence-electron chi connectivity index (χ1n) is 9.57. The first-order chi connectivity index (χ1) is 15.7. The van der Waals surface area contributed by atoms with Gasteiger partial charge in [0.1, 0.15) is 22.9 Å². The van der Waals surface area contributed by atoms with Gasteiger partial charge in [0.15, 0.2) is 0 Å². The number of nitrogens with zero attached hydrogens (tertiary/aromatic N) is 1. The number of anilines is 1. The van der Waals surface area contributed by atoms with E-state index < -0.39 is 46.6 Å². The van der Waals surface area contributed by atoms with E-state index in [1.54, 1.807) is 0 Å². The molecule has 0 spiro atoms. The third kappa shape index (κ3) is 3.92. The number of aromatic carboxylic acids is 1. The van der Waals surface area contributed by atoms with Gasteiger partial charge in [-0.2, -0.15) is 0 Å². The van der Waals surface area contributed by atoms with Crippen molar-refractivity contribution >= 4 is 40.7 Å². The summed E-state index contributed by atoms with van der Waals surface area (Å²) in [6, 6.07) is 13.1. The number of carbonyl (C=O) groups excluding carboxylic acids is 2. The first-order valence-corrected chi connectivity index (χ1v) is 9.95. The lowest BCUT2D eigenvalue weighted by Gasteiger charge is -2.26. The Balaban J connectivity index is 1.96. The molecule has 3 aromatic carbocycles. The molecule has 0 saturated carbocycles. The van der Waals surface area contributed by atoms with Crippen molar-refractivity contribution < 1.29 is 34.1 Å². The van der Waals surface area contributed by atoms with Crippen LogP contribution in [0.25, 0.3) is 5.76 Å². The van der Waals surface area contributed by atoms with Gasteiger partial charge in [-0.3, -0.25) is 14.5 Å². The molecule has 7 nitrogen and oxygen atoms in total. The van der Waals surface area contributed by atoms with Crippen molar-refractivity contribution in [2.75, 3.05) is 4.90 Å². The Labute approximate surface area is 191 Å². The fourth-order valence-corrected chi connectivity index (χ4v) is 3.79. The molecule has 4 rings (SSSR count). The number of Topliss-reactive ketones (excluding diaryl/α,β-unsaturated/α-hetero) is 1. The predicted molar refractivity (Wildman–Crippen MR) is 118 cm³/mol. The van der Waals surface area contributed by atoms with Gasteiger partial charge < -0.3 is 15.3 Å². The predicted octanol–water partition coefficient (Wildman–Crippen LogP) is 4.51. The topological polar surface area (TPSA) is 115 Å². The second kappa shape index (κ2) is 8.40. The number of halogens is 2. The van der Waals surface area contributed by atoms with E-state index in [1.165, 1.54) is 42.5 Å². The maximum Gasteiger partial charge on any atom is 0.339 e. The summed E-state index contributed by atoms with van der Waals surface area (Å²) in [6.45, 7) is 0. The molecule has 9 heteroatoms. The Morgan fingerprint density at radius 1 is 0.939 bits per heavy atom. The molecule has 1 unspecified atom stereocenters. The van der Waals surface area contributed by atoms with Gasteiger partial charge in [0.05, 0.1) is 11.6 Å². The lowest BCUT2D eigenvalue weighted by Crippen LogP contribution is -2.29. The molecule has 1 atom stereocenters. The van der Waals surface area contributed by atoms with Crippen LogP contribution in [0.5, 0.6) is 5.75 Å². The molecule has 33 heavy (non-hydrogen) atoms. The van der Waals surface area contributed by atoms with Gasteiger partial charge in [-0.25, -0.2) is 9.18 Å². The number of hydrogen-bond donors (Lipinski definition) is 3. The quantitative estimate of drug-likeness (QED) is 0.295. The van der Waals surface area contributed by atoms with E-state index in [2.05, 4.69) is 0 Å². The molecule has 1 heterocycles. The maximum atomic E-state index is 13.6. The number of carbonyl (C=O) groups is 3. The summed E-state index contributed by atoms with van der Waals surface area (Å²) < 4.78 is 13.6. The highest BCUT2D eigenvalue weighted by Crippen LogP contribution is 2.43. The van der Waals surface area contributed by atoms with Crippen LogP contribution in [-0.4, -0.2) is 33.0 Å². The standard InChI is InChI=1S/C24H15ClFNO6/c25-14-5-1-13(2-6-14)21(29)19-20(12-3-7-15(26)8-4-12)27(23(31)22(19)30)16-9-10-18(28)17(11-16)24(32)33/h1-11,20,28-29H,(H,32,33)/b21-19-. The highest BCUT2D eigenvalue weighted by Gasteiger charge is 2.47. The Hall–Kier alpha value is -4.17. The number of rotatable bonds is 4. The molecule has 1 aliphatic rings. The number of ketones is 1. The van der Waals surface area contributed by atoms with E-state index >= 15 is 0 Å². The molecule has 1 amide bonds. The van der Waals surface area contributed by atoms with E-state index in [-0.39, 0.29) is 16.8 Å². The van der Waals surface area contributed by atoms with E-state index in [0.717, 1.165) is 29.2 Å². The third-order valence-electron chi connectivity index (χ3n) is 5.24. The van der Waals surface area contributed by atoms with Crippen LogP contribution in [-0.2, 0) is 9.59 Å². The number of hydrogen-bond acceptors (Lipinski definition) is 5. The Morgan fingerprint density at radius 2 is 1.58 bits per heavy atom. The zero-order chi connectivity index (χ0) is 23.9. The number of benzene rings is 3. The van der Waals surface area contributed by atoms with Crippen molar-refractivity contribution in [3.8, 4) is 5.75 Å². The van der Waals surface area contributed by atoms with Crippen molar-refractivity contribution in [3.05, 3.63) is 99.8 Å². The zero-order valence-electron chi connectivity index (χ0n) is 16.7. The third-order valence-corrected chi connectivity index (χ3v) is 5.49. The van der Waals surface area contributed by atoms with Gasteiger partial charge in [-0.05, 0) is 60.2 Å². The van der Waals surface area contributed by atoms with Gasteiger partial charge in [-0.15, -0.1) is 0 Å². The average Bonchev–Trinajstić information content (AvgIpc) is 3.05. The monoisotopic (exact) mass is 467 g/mol. The smallest absolute Gasteiger partial charge is 0.339 e. The van der Waals surface area contributed by atoms with Crippen LogP contribution in [0.1, 0.15) is 27.5 Å². The first kappa shape index (κ1) is 22.0. The normalized spacial score (nSPS) is 17.4. The maximum absolute atomic E-state index is 13.6. The molecule has 3 aromatic rings.